The molecule has 100 valence electrons. The number of hydrogen-bond donors (Lipinski definition) is 1. The third kappa shape index (κ3) is 2.52. The summed E-state index contributed by atoms with van der Waals surface area (Å²) in [4.78, 5) is 14.8. The van der Waals surface area contributed by atoms with Crippen LogP contribution in [-0.4, -0.2) is 28.0 Å². The van der Waals surface area contributed by atoms with Gasteiger partial charge in [0, 0.05) is 25.5 Å². The molecule has 6 nitrogen and oxygen atoms in total. The van der Waals surface area contributed by atoms with Gasteiger partial charge in [0.25, 0.3) is 0 Å². The molecule has 3 rings (SSSR count). The van der Waals surface area contributed by atoms with Gasteiger partial charge in [-0.05, 0) is 25.0 Å². The minimum Gasteiger partial charge on any atom is -0.357 e. The first-order chi connectivity index (χ1) is 9.86. The molecule has 1 fully saturated rings. The summed E-state index contributed by atoms with van der Waals surface area (Å²) in [5.74, 6) is 1.44. The number of nitriles is 1. The minimum absolute atomic E-state index is 0.274. The molecule has 0 saturated carbocycles. The highest BCUT2D eigenvalue weighted by molar-refractivity contribution is 5.61. The number of anilines is 3. The largest absolute Gasteiger partial charge is 0.357 e. The lowest BCUT2D eigenvalue weighted by atomic mass is 10.3. The summed E-state index contributed by atoms with van der Waals surface area (Å²) in [6, 6.07) is 5.93. The number of nitrogens with one attached hydrogen (secondary N) is 1. The molecular weight excluding hydrogens is 252 g/mol. The van der Waals surface area contributed by atoms with Crippen molar-refractivity contribution in [3.8, 4) is 6.07 Å². The van der Waals surface area contributed by atoms with E-state index in [9.17, 15) is 0 Å². The Kier molecular flexibility index (Phi) is 3.42. The zero-order valence-corrected chi connectivity index (χ0v) is 11.0. The Labute approximate surface area is 117 Å². The highest BCUT2D eigenvalue weighted by Crippen LogP contribution is 2.21. The molecule has 0 spiro atoms. The van der Waals surface area contributed by atoms with Crippen LogP contribution in [0.2, 0.25) is 0 Å². The fraction of sp³-hybridized carbons (Fsp3) is 0.286. The molecule has 1 N–H and O–H groups in total. The van der Waals surface area contributed by atoms with Crippen LogP contribution < -0.4 is 10.2 Å². The van der Waals surface area contributed by atoms with E-state index >= 15 is 0 Å². The van der Waals surface area contributed by atoms with E-state index in [1.54, 1.807) is 12.4 Å². The van der Waals surface area contributed by atoms with E-state index in [0.29, 0.717) is 5.82 Å². The monoisotopic (exact) mass is 266 g/mol. The first-order valence-corrected chi connectivity index (χ1v) is 6.56. The van der Waals surface area contributed by atoms with Gasteiger partial charge in [-0.15, -0.1) is 0 Å². The van der Waals surface area contributed by atoms with Crippen molar-refractivity contribution in [2.45, 2.75) is 12.8 Å². The Morgan fingerprint density at radius 2 is 1.90 bits per heavy atom. The molecule has 0 radical (unpaired) electrons. The Bertz CT molecular complexity index is 625. The van der Waals surface area contributed by atoms with E-state index in [-0.39, 0.29) is 5.69 Å². The second-order valence-corrected chi connectivity index (χ2v) is 4.59. The lowest BCUT2D eigenvalue weighted by Crippen LogP contribution is -2.18. The van der Waals surface area contributed by atoms with Crippen molar-refractivity contribution in [1.29, 1.82) is 5.26 Å². The van der Waals surface area contributed by atoms with Gasteiger partial charge in [-0.1, -0.05) is 0 Å². The summed E-state index contributed by atoms with van der Waals surface area (Å²) < 4.78 is 0. The minimum atomic E-state index is 0.274. The molecule has 2 aromatic heterocycles. The molecule has 0 amide bonds. The molecule has 0 unspecified atom stereocenters. The number of hydrogen-bond acceptors (Lipinski definition) is 6. The number of rotatable bonds is 3. The average Bonchev–Trinajstić information content (AvgIpc) is 3.03. The highest BCUT2D eigenvalue weighted by Gasteiger charge is 2.13. The topological polar surface area (TPSA) is 77.7 Å². The molecule has 1 aliphatic heterocycles. The Morgan fingerprint density at radius 3 is 2.60 bits per heavy atom. The third-order valence-electron chi connectivity index (χ3n) is 3.24. The van der Waals surface area contributed by atoms with E-state index in [1.165, 1.54) is 19.0 Å². The lowest BCUT2D eigenvalue weighted by Gasteiger charge is -2.16. The van der Waals surface area contributed by atoms with Gasteiger partial charge in [-0.3, -0.25) is 0 Å². The van der Waals surface area contributed by atoms with Gasteiger partial charge in [0.1, 0.15) is 11.9 Å². The van der Waals surface area contributed by atoms with Gasteiger partial charge in [-0.25, -0.2) is 15.0 Å². The molecular formula is C14H14N6. The van der Waals surface area contributed by atoms with Gasteiger partial charge in [0.05, 0.1) is 11.9 Å². The van der Waals surface area contributed by atoms with Crippen LogP contribution in [0.15, 0.2) is 30.7 Å². The zero-order chi connectivity index (χ0) is 13.8. The summed E-state index contributed by atoms with van der Waals surface area (Å²) in [7, 11) is 0. The molecule has 0 aromatic carbocycles. The summed E-state index contributed by atoms with van der Waals surface area (Å²) in [5, 5.41) is 12.0. The maximum atomic E-state index is 8.97. The molecule has 2 aromatic rings. The van der Waals surface area contributed by atoms with Crippen LogP contribution in [0.1, 0.15) is 18.5 Å². The van der Waals surface area contributed by atoms with Crippen LogP contribution in [0.5, 0.6) is 0 Å². The van der Waals surface area contributed by atoms with E-state index in [1.807, 2.05) is 18.2 Å². The summed E-state index contributed by atoms with van der Waals surface area (Å²) in [6.07, 6.45) is 7.26. The van der Waals surface area contributed by atoms with Crippen molar-refractivity contribution in [2.24, 2.45) is 0 Å². The Balaban J connectivity index is 1.76. The van der Waals surface area contributed by atoms with Crippen molar-refractivity contribution in [2.75, 3.05) is 23.3 Å². The van der Waals surface area contributed by atoms with E-state index in [2.05, 4.69) is 25.2 Å². The quantitative estimate of drug-likeness (QED) is 0.916. The van der Waals surface area contributed by atoms with Crippen molar-refractivity contribution in [3.05, 3.63) is 36.4 Å². The fourth-order valence-electron chi connectivity index (χ4n) is 2.24. The van der Waals surface area contributed by atoms with Crippen LogP contribution >= 0.6 is 0 Å². The summed E-state index contributed by atoms with van der Waals surface area (Å²) in [6.45, 7) is 2.14. The van der Waals surface area contributed by atoms with Crippen LogP contribution in [0, 0.1) is 11.3 Å². The van der Waals surface area contributed by atoms with E-state index in [4.69, 9.17) is 5.26 Å². The van der Waals surface area contributed by atoms with Crippen LogP contribution in [0.25, 0.3) is 0 Å². The van der Waals surface area contributed by atoms with Crippen molar-refractivity contribution in [3.63, 3.8) is 0 Å². The lowest BCUT2D eigenvalue weighted by molar-refractivity contribution is 0.938. The molecule has 6 heteroatoms. The summed E-state index contributed by atoms with van der Waals surface area (Å²) in [5.41, 5.74) is 1.07. The predicted octanol–water partition coefficient (Wildman–Crippen LogP) is 2.09. The maximum absolute atomic E-state index is 8.97. The molecule has 20 heavy (non-hydrogen) atoms. The molecule has 3 heterocycles. The smallest absolute Gasteiger partial charge is 0.183 e. The number of aromatic nitrogens is 3. The van der Waals surface area contributed by atoms with Gasteiger partial charge in [-0.2, -0.15) is 5.26 Å². The first kappa shape index (κ1) is 12.4. The van der Waals surface area contributed by atoms with Gasteiger partial charge < -0.3 is 10.2 Å². The zero-order valence-electron chi connectivity index (χ0n) is 11.0. The van der Waals surface area contributed by atoms with Gasteiger partial charge in [0.15, 0.2) is 11.5 Å². The number of nitrogens with zero attached hydrogens (tertiary/aromatic N) is 5. The highest BCUT2D eigenvalue weighted by atomic mass is 15.2. The first-order valence-electron chi connectivity index (χ1n) is 6.56. The molecule has 1 saturated heterocycles. The third-order valence-corrected chi connectivity index (χ3v) is 3.24. The Hall–Kier alpha value is -2.68. The SMILES string of the molecule is N#Cc1nccnc1Nc1ccc(N2CCCC2)nc1. The van der Waals surface area contributed by atoms with Crippen LogP contribution in [0.4, 0.5) is 17.3 Å². The van der Waals surface area contributed by atoms with Crippen molar-refractivity contribution >= 4 is 17.3 Å². The van der Waals surface area contributed by atoms with Crippen LogP contribution in [-0.2, 0) is 0 Å². The van der Waals surface area contributed by atoms with E-state index < -0.39 is 0 Å². The summed E-state index contributed by atoms with van der Waals surface area (Å²) >= 11 is 0. The van der Waals surface area contributed by atoms with Crippen molar-refractivity contribution in [1.82, 2.24) is 15.0 Å². The van der Waals surface area contributed by atoms with Crippen molar-refractivity contribution < 1.29 is 0 Å². The Morgan fingerprint density at radius 1 is 1.10 bits per heavy atom. The van der Waals surface area contributed by atoms with E-state index in [0.717, 1.165) is 24.6 Å². The standard InChI is InChI=1S/C14H14N6/c15-9-12-14(17-6-5-16-12)19-11-3-4-13(18-10-11)20-7-1-2-8-20/h3-6,10H,1-2,7-8H2,(H,17,19). The fourth-order valence-corrected chi connectivity index (χ4v) is 2.24. The molecule has 0 bridgehead atoms. The predicted molar refractivity (Wildman–Crippen MR) is 75.7 cm³/mol. The maximum Gasteiger partial charge on any atom is 0.183 e. The van der Waals surface area contributed by atoms with Gasteiger partial charge in [0.2, 0.25) is 0 Å². The normalized spacial score (nSPS) is 14.1. The number of pyridine rings is 1. The van der Waals surface area contributed by atoms with Gasteiger partial charge >= 0.3 is 0 Å². The molecule has 0 atom stereocenters. The second-order valence-electron chi connectivity index (χ2n) is 4.59. The molecule has 1 aliphatic rings. The molecule has 0 aliphatic carbocycles. The van der Waals surface area contributed by atoms with Crippen LogP contribution in [0.3, 0.4) is 0 Å². The second kappa shape index (κ2) is 5.53. The average molecular weight is 266 g/mol.